The van der Waals surface area contributed by atoms with Gasteiger partial charge in [0.25, 0.3) is 0 Å². The van der Waals surface area contributed by atoms with Crippen LogP contribution in [0, 0.1) is 0 Å². The Hall–Kier alpha value is -1.82. The normalized spacial score (nSPS) is 11.8. The molecule has 116 valence electrons. The van der Waals surface area contributed by atoms with E-state index in [1.54, 1.807) is 30.5 Å². The average molecular weight is 340 g/mol. The van der Waals surface area contributed by atoms with Crippen molar-refractivity contribution in [2.75, 3.05) is 6.54 Å². The van der Waals surface area contributed by atoms with E-state index in [4.69, 9.17) is 23.2 Å². The first kappa shape index (κ1) is 16.5. The van der Waals surface area contributed by atoms with Gasteiger partial charge < -0.3 is 15.7 Å². The first-order valence-corrected chi connectivity index (χ1v) is 7.36. The molecular weight excluding hydrogens is 325 g/mol. The van der Waals surface area contributed by atoms with Crippen molar-refractivity contribution < 1.29 is 9.90 Å². The first-order chi connectivity index (χ1) is 10.5. The van der Waals surface area contributed by atoms with Crippen molar-refractivity contribution in [3.63, 3.8) is 0 Å². The van der Waals surface area contributed by atoms with Gasteiger partial charge in [-0.15, -0.1) is 0 Å². The Labute approximate surface area is 138 Å². The highest BCUT2D eigenvalue weighted by Gasteiger charge is 2.11. The average Bonchev–Trinajstić information content (AvgIpc) is 2.50. The van der Waals surface area contributed by atoms with Gasteiger partial charge >= 0.3 is 6.03 Å². The standard InChI is InChI=1S/C15H15Cl2N3O2/c16-11-5-10(6-12(17)7-11)14(21)9-20-15(22)19-8-13-3-1-2-4-18-13/h1-7,14,21H,8-9H2,(H2,19,20,22). The number of aliphatic hydroxyl groups is 1. The number of hydrogen-bond donors (Lipinski definition) is 3. The number of aromatic nitrogens is 1. The lowest BCUT2D eigenvalue weighted by Crippen LogP contribution is -2.37. The number of aliphatic hydroxyl groups excluding tert-OH is 1. The summed E-state index contributed by atoms with van der Waals surface area (Å²) in [5, 5.41) is 16.1. The van der Waals surface area contributed by atoms with Crippen LogP contribution in [0.2, 0.25) is 10.0 Å². The molecule has 0 saturated heterocycles. The zero-order chi connectivity index (χ0) is 15.9. The fourth-order valence-electron chi connectivity index (χ4n) is 1.81. The number of halogens is 2. The summed E-state index contributed by atoms with van der Waals surface area (Å²) >= 11 is 11.7. The molecule has 22 heavy (non-hydrogen) atoms. The van der Waals surface area contributed by atoms with Crippen LogP contribution in [0.3, 0.4) is 0 Å². The maximum absolute atomic E-state index is 11.7. The van der Waals surface area contributed by atoms with E-state index in [1.165, 1.54) is 0 Å². The highest BCUT2D eigenvalue weighted by Crippen LogP contribution is 2.23. The van der Waals surface area contributed by atoms with Crippen LogP contribution in [0.1, 0.15) is 17.4 Å². The lowest BCUT2D eigenvalue weighted by atomic mass is 10.1. The Balaban J connectivity index is 1.80. The molecule has 7 heteroatoms. The van der Waals surface area contributed by atoms with E-state index in [-0.39, 0.29) is 6.54 Å². The van der Waals surface area contributed by atoms with Gasteiger partial charge in [0.2, 0.25) is 0 Å². The molecule has 1 atom stereocenters. The quantitative estimate of drug-likeness (QED) is 0.783. The summed E-state index contributed by atoms with van der Waals surface area (Å²) in [4.78, 5) is 15.8. The summed E-state index contributed by atoms with van der Waals surface area (Å²) in [6, 6.07) is 9.84. The van der Waals surface area contributed by atoms with Crippen molar-refractivity contribution in [3.05, 3.63) is 63.9 Å². The summed E-state index contributed by atoms with van der Waals surface area (Å²) in [6.07, 6.45) is 0.762. The highest BCUT2D eigenvalue weighted by molar-refractivity contribution is 6.34. The van der Waals surface area contributed by atoms with E-state index in [2.05, 4.69) is 15.6 Å². The SMILES string of the molecule is O=C(NCc1ccccn1)NCC(O)c1cc(Cl)cc(Cl)c1. The van der Waals surface area contributed by atoms with E-state index in [0.717, 1.165) is 5.69 Å². The van der Waals surface area contributed by atoms with Crippen LogP contribution in [-0.4, -0.2) is 22.7 Å². The third-order valence-electron chi connectivity index (χ3n) is 2.88. The van der Waals surface area contributed by atoms with Crippen LogP contribution in [-0.2, 0) is 6.54 Å². The molecule has 0 radical (unpaired) electrons. The van der Waals surface area contributed by atoms with Crippen molar-refractivity contribution in [2.45, 2.75) is 12.6 Å². The number of carbonyl (C=O) groups is 1. The smallest absolute Gasteiger partial charge is 0.315 e. The minimum Gasteiger partial charge on any atom is -0.387 e. The maximum atomic E-state index is 11.7. The number of rotatable bonds is 5. The number of urea groups is 1. The van der Waals surface area contributed by atoms with Gasteiger partial charge in [0.1, 0.15) is 0 Å². The predicted molar refractivity (Wildman–Crippen MR) is 85.9 cm³/mol. The fraction of sp³-hybridized carbons (Fsp3) is 0.200. The summed E-state index contributed by atoms with van der Waals surface area (Å²) in [5.41, 5.74) is 1.29. The van der Waals surface area contributed by atoms with Crippen LogP contribution >= 0.6 is 23.2 Å². The van der Waals surface area contributed by atoms with E-state index in [1.807, 2.05) is 12.1 Å². The van der Waals surface area contributed by atoms with E-state index < -0.39 is 12.1 Å². The van der Waals surface area contributed by atoms with Crippen molar-refractivity contribution in [1.82, 2.24) is 15.6 Å². The fourth-order valence-corrected chi connectivity index (χ4v) is 2.35. The van der Waals surface area contributed by atoms with Gasteiger partial charge in [-0.05, 0) is 35.9 Å². The van der Waals surface area contributed by atoms with Crippen LogP contribution < -0.4 is 10.6 Å². The third kappa shape index (κ3) is 5.18. The Morgan fingerprint density at radius 2 is 1.91 bits per heavy atom. The number of amides is 2. The number of nitrogens with zero attached hydrogens (tertiary/aromatic N) is 1. The molecule has 2 amide bonds. The predicted octanol–water partition coefficient (Wildman–Crippen LogP) is 2.92. The number of nitrogens with one attached hydrogen (secondary N) is 2. The molecule has 1 unspecified atom stereocenters. The van der Waals surface area contributed by atoms with Gasteiger partial charge in [-0.25, -0.2) is 4.79 Å². The van der Waals surface area contributed by atoms with Crippen molar-refractivity contribution in [3.8, 4) is 0 Å². The first-order valence-electron chi connectivity index (χ1n) is 6.60. The summed E-state index contributed by atoms with van der Waals surface area (Å²) in [7, 11) is 0. The number of benzene rings is 1. The molecule has 0 aliphatic heterocycles. The van der Waals surface area contributed by atoms with Crippen molar-refractivity contribution in [1.29, 1.82) is 0 Å². The van der Waals surface area contributed by atoms with Gasteiger partial charge in [0.15, 0.2) is 0 Å². The van der Waals surface area contributed by atoms with Gasteiger partial charge in [-0.2, -0.15) is 0 Å². The van der Waals surface area contributed by atoms with Crippen LogP contribution in [0.4, 0.5) is 4.79 Å². The molecular formula is C15H15Cl2N3O2. The molecule has 3 N–H and O–H groups in total. The molecule has 1 aromatic carbocycles. The number of hydrogen-bond acceptors (Lipinski definition) is 3. The Morgan fingerprint density at radius 3 is 2.55 bits per heavy atom. The molecule has 0 fully saturated rings. The monoisotopic (exact) mass is 339 g/mol. The van der Waals surface area contributed by atoms with Crippen LogP contribution in [0.5, 0.6) is 0 Å². The molecule has 5 nitrogen and oxygen atoms in total. The maximum Gasteiger partial charge on any atom is 0.315 e. The van der Waals surface area contributed by atoms with Crippen LogP contribution in [0.15, 0.2) is 42.6 Å². The second-order valence-electron chi connectivity index (χ2n) is 4.60. The molecule has 2 aromatic rings. The summed E-state index contributed by atoms with van der Waals surface area (Å²) < 4.78 is 0. The Morgan fingerprint density at radius 1 is 1.18 bits per heavy atom. The highest BCUT2D eigenvalue weighted by atomic mass is 35.5. The number of carbonyl (C=O) groups excluding carboxylic acids is 1. The molecule has 0 spiro atoms. The minimum absolute atomic E-state index is 0.0464. The van der Waals surface area contributed by atoms with Crippen LogP contribution in [0.25, 0.3) is 0 Å². The topological polar surface area (TPSA) is 74.2 Å². The minimum atomic E-state index is -0.892. The zero-order valence-corrected chi connectivity index (χ0v) is 13.1. The molecule has 2 rings (SSSR count). The number of pyridine rings is 1. The van der Waals surface area contributed by atoms with Gasteiger partial charge in [-0.1, -0.05) is 29.3 Å². The molecule has 1 aromatic heterocycles. The van der Waals surface area contributed by atoms with Gasteiger partial charge in [0, 0.05) is 22.8 Å². The second-order valence-corrected chi connectivity index (χ2v) is 5.48. The van der Waals surface area contributed by atoms with Gasteiger partial charge in [0.05, 0.1) is 18.3 Å². The van der Waals surface area contributed by atoms with Crippen molar-refractivity contribution in [2.24, 2.45) is 0 Å². The van der Waals surface area contributed by atoms with E-state index in [9.17, 15) is 9.90 Å². The van der Waals surface area contributed by atoms with Crippen molar-refractivity contribution >= 4 is 29.2 Å². The summed E-state index contributed by atoms with van der Waals surface area (Å²) in [6.45, 7) is 0.358. The molecule has 0 bridgehead atoms. The Kier molecular flexibility index (Phi) is 6.00. The summed E-state index contributed by atoms with van der Waals surface area (Å²) in [5.74, 6) is 0. The third-order valence-corrected chi connectivity index (χ3v) is 3.32. The molecule has 0 aliphatic carbocycles. The lowest BCUT2D eigenvalue weighted by Gasteiger charge is -2.13. The van der Waals surface area contributed by atoms with Gasteiger partial charge in [-0.3, -0.25) is 4.98 Å². The largest absolute Gasteiger partial charge is 0.387 e. The zero-order valence-electron chi connectivity index (χ0n) is 11.6. The Bertz CT molecular complexity index is 618. The second kappa shape index (κ2) is 7.98. The van der Waals surface area contributed by atoms with E-state index in [0.29, 0.717) is 22.2 Å². The van der Waals surface area contributed by atoms with E-state index >= 15 is 0 Å². The molecule has 0 aliphatic rings. The lowest BCUT2D eigenvalue weighted by molar-refractivity contribution is 0.173. The molecule has 1 heterocycles. The molecule has 0 saturated carbocycles.